The van der Waals surface area contributed by atoms with E-state index in [9.17, 15) is 0 Å². The zero-order chi connectivity index (χ0) is 16.8. The molecule has 0 aliphatic rings. The van der Waals surface area contributed by atoms with E-state index in [-0.39, 0.29) is 0 Å². The Labute approximate surface area is 146 Å². The number of rotatable bonds is 6. The maximum absolute atomic E-state index is 4.59. The number of fused-ring (bicyclic) bond motifs is 1. The molecule has 1 N–H and O–H groups in total. The lowest BCUT2D eigenvalue weighted by atomic mass is 10.2. The highest BCUT2D eigenvalue weighted by Crippen LogP contribution is 2.22. The van der Waals surface area contributed by atoms with Crippen LogP contribution in [0.5, 0.6) is 0 Å². The quantitative estimate of drug-likeness (QED) is 0.650. The summed E-state index contributed by atoms with van der Waals surface area (Å²) >= 11 is 1.71. The summed E-state index contributed by atoms with van der Waals surface area (Å²) in [4.78, 5) is 8.98. The molecule has 0 saturated carbocycles. The van der Waals surface area contributed by atoms with Gasteiger partial charge in [0.2, 0.25) is 0 Å². The number of thiazole rings is 1. The first-order valence-electron chi connectivity index (χ1n) is 8.09. The molecule has 3 aromatic rings. The average molecular weight is 335 g/mol. The van der Waals surface area contributed by atoms with Gasteiger partial charge in [0.05, 0.1) is 15.9 Å². The predicted molar refractivity (Wildman–Crippen MR) is 104 cm³/mol. The van der Waals surface area contributed by atoms with Crippen LogP contribution < -0.4 is 5.32 Å². The number of allylic oxidation sites excluding steroid dienone is 2. The topological polar surface area (TPSA) is 37.8 Å². The predicted octanol–water partition coefficient (Wildman–Crippen LogP) is 4.92. The SMILES string of the molecule is CC(C)NCc1cc(/C=C/C=C/c2nc3ccccc3s2)ccn1. The fraction of sp³-hybridized carbons (Fsp3) is 0.200. The molecular formula is C20H21N3S. The highest BCUT2D eigenvalue weighted by Gasteiger charge is 1.99. The highest BCUT2D eigenvalue weighted by atomic mass is 32.1. The molecule has 3 nitrogen and oxygen atoms in total. The number of para-hydroxylation sites is 1. The molecule has 0 bridgehead atoms. The molecule has 0 saturated heterocycles. The fourth-order valence-corrected chi connectivity index (χ4v) is 3.15. The second kappa shape index (κ2) is 7.99. The summed E-state index contributed by atoms with van der Waals surface area (Å²) < 4.78 is 1.22. The van der Waals surface area contributed by atoms with E-state index in [1.807, 2.05) is 48.7 Å². The molecule has 0 atom stereocenters. The normalized spacial score (nSPS) is 12.1. The van der Waals surface area contributed by atoms with Crippen LogP contribution in [-0.4, -0.2) is 16.0 Å². The summed E-state index contributed by atoms with van der Waals surface area (Å²) in [7, 11) is 0. The third-order valence-electron chi connectivity index (χ3n) is 3.48. The molecule has 3 rings (SSSR count). The van der Waals surface area contributed by atoms with E-state index >= 15 is 0 Å². The average Bonchev–Trinajstić information content (AvgIpc) is 3.00. The van der Waals surface area contributed by atoms with Crippen LogP contribution in [0, 0.1) is 0 Å². The van der Waals surface area contributed by atoms with Gasteiger partial charge in [-0.2, -0.15) is 0 Å². The van der Waals surface area contributed by atoms with Gasteiger partial charge in [0, 0.05) is 18.8 Å². The Balaban J connectivity index is 1.64. The molecule has 0 aliphatic carbocycles. The van der Waals surface area contributed by atoms with Gasteiger partial charge >= 0.3 is 0 Å². The van der Waals surface area contributed by atoms with E-state index in [4.69, 9.17) is 0 Å². The number of nitrogens with one attached hydrogen (secondary N) is 1. The lowest BCUT2D eigenvalue weighted by Crippen LogP contribution is -2.22. The van der Waals surface area contributed by atoms with Crippen molar-refractivity contribution in [3.63, 3.8) is 0 Å². The van der Waals surface area contributed by atoms with Gasteiger partial charge in [-0.25, -0.2) is 4.98 Å². The maximum Gasteiger partial charge on any atom is 0.117 e. The number of pyridine rings is 1. The van der Waals surface area contributed by atoms with Crippen molar-refractivity contribution in [2.45, 2.75) is 26.4 Å². The first-order chi connectivity index (χ1) is 11.7. The van der Waals surface area contributed by atoms with Crippen LogP contribution in [0.4, 0.5) is 0 Å². The van der Waals surface area contributed by atoms with Crippen molar-refractivity contribution in [1.29, 1.82) is 0 Å². The molecule has 0 spiro atoms. The highest BCUT2D eigenvalue weighted by molar-refractivity contribution is 7.19. The Bertz CT molecular complexity index is 829. The molecule has 24 heavy (non-hydrogen) atoms. The molecule has 2 aromatic heterocycles. The van der Waals surface area contributed by atoms with Crippen molar-refractivity contribution in [3.8, 4) is 0 Å². The van der Waals surface area contributed by atoms with Gasteiger partial charge in [0.25, 0.3) is 0 Å². The van der Waals surface area contributed by atoms with E-state index in [1.54, 1.807) is 11.3 Å². The molecular weight excluding hydrogens is 314 g/mol. The number of hydrogen-bond donors (Lipinski definition) is 1. The minimum absolute atomic E-state index is 0.461. The van der Waals surface area contributed by atoms with E-state index in [0.29, 0.717) is 6.04 Å². The van der Waals surface area contributed by atoms with E-state index in [1.165, 1.54) is 4.70 Å². The molecule has 0 fully saturated rings. The van der Waals surface area contributed by atoms with Gasteiger partial charge < -0.3 is 5.32 Å². The van der Waals surface area contributed by atoms with E-state index in [0.717, 1.165) is 28.3 Å². The van der Waals surface area contributed by atoms with Crippen molar-refractivity contribution >= 4 is 33.7 Å². The van der Waals surface area contributed by atoms with Crippen LogP contribution in [0.3, 0.4) is 0 Å². The second-order valence-corrected chi connectivity index (χ2v) is 6.92. The standard InChI is InChI=1S/C20H21N3S/c1-15(2)22-14-17-13-16(11-12-21-17)7-3-6-10-20-23-18-8-4-5-9-19(18)24-20/h3-13,15,22H,14H2,1-2H3/b7-3+,10-6+. The van der Waals surface area contributed by atoms with Gasteiger partial charge in [0.1, 0.15) is 5.01 Å². The smallest absolute Gasteiger partial charge is 0.117 e. The minimum Gasteiger partial charge on any atom is -0.309 e. The summed E-state index contributed by atoms with van der Waals surface area (Å²) in [5.41, 5.74) is 3.27. The lowest BCUT2D eigenvalue weighted by Gasteiger charge is -2.07. The fourth-order valence-electron chi connectivity index (χ4n) is 2.27. The van der Waals surface area contributed by atoms with Crippen molar-refractivity contribution in [2.75, 3.05) is 0 Å². The summed E-state index contributed by atoms with van der Waals surface area (Å²) in [6.45, 7) is 5.06. The first-order valence-corrected chi connectivity index (χ1v) is 8.91. The zero-order valence-corrected chi connectivity index (χ0v) is 14.8. The first kappa shape index (κ1) is 16.6. The van der Waals surface area contributed by atoms with Gasteiger partial charge in [-0.1, -0.05) is 44.2 Å². The van der Waals surface area contributed by atoms with Crippen molar-refractivity contribution in [3.05, 3.63) is 71.0 Å². The Morgan fingerprint density at radius 2 is 1.96 bits per heavy atom. The van der Waals surface area contributed by atoms with Crippen LogP contribution in [0.15, 0.2) is 54.7 Å². The van der Waals surface area contributed by atoms with Crippen LogP contribution in [0.2, 0.25) is 0 Å². The second-order valence-electron chi connectivity index (χ2n) is 5.85. The number of nitrogens with zero attached hydrogens (tertiary/aromatic N) is 2. The van der Waals surface area contributed by atoms with Crippen LogP contribution in [0.1, 0.15) is 30.1 Å². The summed E-state index contributed by atoms with van der Waals surface area (Å²) in [5, 5.41) is 4.41. The zero-order valence-electron chi connectivity index (χ0n) is 13.9. The van der Waals surface area contributed by atoms with Crippen molar-refractivity contribution < 1.29 is 0 Å². The molecule has 4 heteroatoms. The molecule has 2 heterocycles. The van der Waals surface area contributed by atoms with E-state index < -0.39 is 0 Å². The third kappa shape index (κ3) is 4.60. The van der Waals surface area contributed by atoms with Crippen molar-refractivity contribution in [1.82, 2.24) is 15.3 Å². The third-order valence-corrected chi connectivity index (χ3v) is 4.48. The van der Waals surface area contributed by atoms with Crippen LogP contribution >= 0.6 is 11.3 Å². The van der Waals surface area contributed by atoms with E-state index in [2.05, 4.69) is 47.3 Å². The summed E-state index contributed by atoms with van der Waals surface area (Å²) in [5.74, 6) is 0. The summed E-state index contributed by atoms with van der Waals surface area (Å²) in [6, 6.07) is 12.8. The Morgan fingerprint density at radius 1 is 1.12 bits per heavy atom. The van der Waals surface area contributed by atoms with Crippen LogP contribution in [-0.2, 0) is 6.54 Å². The number of benzene rings is 1. The molecule has 0 amide bonds. The minimum atomic E-state index is 0.461. The van der Waals surface area contributed by atoms with Crippen LogP contribution in [0.25, 0.3) is 22.4 Å². The summed E-state index contributed by atoms with van der Waals surface area (Å²) in [6.07, 6.45) is 10.1. The van der Waals surface area contributed by atoms with Gasteiger partial charge in [0.15, 0.2) is 0 Å². The van der Waals surface area contributed by atoms with Gasteiger partial charge in [-0.3, -0.25) is 4.98 Å². The monoisotopic (exact) mass is 335 g/mol. The lowest BCUT2D eigenvalue weighted by molar-refractivity contribution is 0.581. The largest absolute Gasteiger partial charge is 0.309 e. The Hall–Kier alpha value is -2.30. The van der Waals surface area contributed by atoms with Crippen molar-refractivity contribution in [2.24, 2.45) is 0 Å². The van der Waals surface area contributed by atoms with Gasteiger partial charge in [-0.15, -0.1) is 11.3 Å². The maximum atomic E-state index is 4.59. The molecule has 0 radical (unpaired) electrons. The molecule has 1 aromatic carbocycles. The Morgan fingerprint density at radius 3 is 2.79 bits per heavy atom. The van der Waals surface area contributed by atoms with Gasteiger partial charge in [-0.05, 0) is 35.9 Å². The number of hydrogen-bond acceptors (Lipinski definition) is 4. The molecule has 122 valence electrons. The Kier molecular flexibility index (Phi) is 5.51. The molecule has 0 unspecified atom stereocenters. The number of aromatic nitrogens is 2. The molecule has 0 aliphatic heterocycles.